The molecule has 63 heavy (non-hydrogen) atoms. The van der Waals surface area contributed by atoms with Crippen molar-refractivity contribution < 1.29 is 4.42 Å². The SMILES string of the molecule is c1ccc(-c2nc(-c3ccc4c(c3)sc3c(-c5nc(-c6ccccc6)c6oc7ccccc7c6n5)cccc34)nc(-c3ccc4c5ccccc5n(-c5ccccc5)c4c3)n2)cc1. The van der Waals surface area contributed by atoms with Crippen LogP contribution in [0.5, 0.6) is 0 Å². The van der Waals surface area contributed by atoms with Crippen LogP contribution >= 0.6 is 11.3 Å². The minimum absolute atomic E-state index is 0.607. The summed E-state index contributed by atoms with van der Waals surface area (Å²) in [6.07, 6.45) is 0. The Labute approximate surface area is 364 Å². The normalized spacial score (nSPS) is 11.8. The Morgan fingerprint density at radius 2 is 1.00 bits per heavy atom. The maximum Gasteiger partial charge on any atom is 0.180 e. The molecule has 0 aliphatic heterocycles. The van der Waals surface area contributed by atoms with Crippen LogP contribution in [0.2, 0.25) is 0 Å². The predicted octanol–water partition coefficient (Wildman–Crippen LogP) is 14.4. The van der Waals surface area contributed by atoms with E-state index in [1.165, 1.54) is 10.8 Å². The molecule has 13 rings (SSSR count). The number of benzene rings is 8. The van der Waals surface area contributed by atoms with Crippen molar-refractivity contribution in [3.8, 4) is 62.5 Å². The van der Waals surface area contributed by atoms with Crippen molar-refractivity contribution in [2.45, 2.75) is 0 Å². The number of hydrogen-bond acceptors (Lipinski definition) is 7. The average molecular weight is 825 g/mol. The van der Waals surface area contributed by atoms with E-state index in [0.29, 0.717) is 28.9 Å². The van der Waals surface area contributed by atoms with Gasteiger partial charge < -0.3 is 8.98 Å². The summed E-state index contributed by atoms with van der Waals surface area (Å²) in [5.41, 5.74) is 11.1. The largest absolute Gasteiger partial charge is 0.452 e. The smallest absolute Gasteiger partial charge is 0.180 e. The van der Waals surface area contributed by atoms with Gasteiger partial charge in [-0.3, -0.25) is 0 Å². The number of para-hydroxylation sites is 3. The van der Waals surface area contributed by atoms with Crippen LogP contribution in [0, 0.1) is 0 Å². The van der Waals surface area contributed by atoms with Crippen LogP contribution < -0.4 is 0 Å². The van der Waals surface area contributed by atoms with Crippen LogP contribution in [0.4, 0.5) is 0 Å². The maximum absolute atomic E-state index is 6.41. The van der Waals surface area contributed by atoms with Gasteiger partial charge in [0.05, 0.1) is 11.0 Å². The van der Waals surface area contributed by atoms with Gasteiger partial charge in [-0.15, -0.1) is 11.3 Å². The molecule has 5 aromatic heterocycles. The van der Waals surface area contributed by atoms with Gasteiger partial charge in [-0.1, -0.05) is 146 Å². The summed E-state index contributed by atoms with van der Waals surface area (Å²) < 4.78 is 11.0. The molecule has 5 heterocycles. The lowest BCUT2D eigenvalue weighted by molar-refractivity contribution is 0.667. The van der Waals surface area contributed by atoms with Crippen molar-refractivity contribution in [2.24, 2.45) is 0 Å². The van der Waals surface area contributed by atoms with Crippen LogP contribution in [0.15, 0.2) is 199 Å². The van der Waals surface area contributed by atoms with Crippen molar-refractivity contribution >= 4 is 75.4 Å². The molecule has 294 valence electrons. The highest BCUT2D eigenvalue weighted by atomic mass is 32.1. The van der Waals surface area contributed by atoms with Gasteiger partial charge in [-0.2, -0.15) is 0 Å². The monoisotopic (exact) mass is 824 g/mol. The van der Waals surface area contributed by atoms with Gasteiger partial charge in [-0.25, -0.2) is 24.9 Å². The molecule has 0 aliphatic carbocycles. The Hall–Kier alpha value is -8.33. The number of aromatic nitrogens is 6. The molecule has 0 radical (unpaired) electrons. The summed E-state index contributed by atoms with van der Waals surface area (Å²) in [6.45, 7) is 0. The molecule has 0 unspecified atom stereocenters. The molecule has 0 saturated carbocycles. The Morgan fingerprint density at radius 3 is 1.78 bits per heavy atom. The molecule has 0 saturated heterocycles. The highest BCUT2D eigenvalue weighted by Gasteiger charge is 2.21. The fourth-order valence-electron chi connectivity index (χ4n) is 8.93. The summed E-state index contributed by atoms with van der Waals surface area (Å²) in [4.78, 5) is 25.9. The van der Waals surface area contributed by atoms with E-state index in [1.54, 1.807) is 11.3 Å². The van der Waals surface area contributed by atoms with Gasteiger partial charge in [0.1, 0.15) is 16.8 Å². The topological polar surface area (TPSA) is 82.5 Å². The summed E-state index contributed by atoms with van der Waals surface area (Å²) in [6, 6.07) is 66.9. The quantitative estimate of drug-likeness (QED) is 0.166. The molecule has 8 heteroatoms. The predicted molar refractivity (Wildman–Crippen MR) is 257 cm³/mol. The highest BCUT2D eigenvalue weighted by molar-refractivity contribution is 7.26. The lowest BCUT2D eigenvalue weighted by Crippen LogP contribution is -2.00. The first-order valence-corrected chi connectivity index (χ1v) is 21.6. The fourth-order valence-corrected chi connectivity index (χ4v) is 10.2. The molecular weight excluding hydrogens is 793 g/mol. The third kappa shape index (κ3) is 5.76. The molecule has 0 amide bonds. The third-order valence-electron chi connectivity index (χ3n) is 11.9. The Bertz CT molecular complexity index is 3910. The van der Waals surface area contributed by atoms with Crippen LogP contribution in [0.1, 0.15) is 0 Å². The number of fused-ring (bicyclic) bond motifs is 9. The van der Waals surface area contributed by atoms with E-state index in [4.69, 9.17) is 29.3 Å². The van der Waals surface area contributed by atoms with Gasteiger partial charge in [0, 0.05) is 69.8 Å². The number of nitrogens with zero attached hydrogens (tertiary/aromatic N) is 6. The first kappa shape index (κ1) is 35.4. The molecule has 0 fully saturated rings. The van der Waals surface area contributed by atoms with Crippen molar-refractivity contribution in [1.29, 1.82) is 0 Å². The minimum Gasteiger partial charge on any atom is -0.452 e. The number of rotatable bonds is 6. The van der Waals surface area contributed by atoms with E-state index < -0.39 is 0 Å². The second-order valence-electron chi connectivity index (χ2n) is 15.6. The number of thiophene rings is 1. The standard InChI is InChI=1S/C55H32N6OS/c1-4-15-33(16-5-1)48-50-49(42-22-11-13-26-46(42)62-50)57-55(56-48)43-24-14-23-41-40-30-28-36(32-47(40)63-51(41)43)54-59-52(34-17-6-2-7-18-34)58-53(60-54)35-27-29-39-38-21-10-12-25-44(38)61(45(39)31-35)37-19-8-3-9-20-37/h1-32H. The lowest BCUT2D eigenvalue weighted by atomic mass is 10.1. The second kappa shape index (κ2) is 14.1. The number of hydrogen-bond donors (Lipinski definition) is 0. The van der Waals surface area contributed by atoms with Crippen LogP contribution in [0.3, 0.4) is 0 Å². The zero-order chi connectivity index (χ0) is 41.4. The molecule has 7 nitrogen and oxygen atoms in total. The van der Waals surface area contributed by atoms with E-state index in [2.05, 4.69) is 132 Å². The maximum atomic E-state index is 6.41. The van der Waals surface area contributed by atoms with E-state index in [9.17, 15) is 0 Å². The minimum atomic E-state index is 0.607. The van der Waals surface area contributed by atoms with Crippen LogP contribution in [-0.2, 0) is 0 Å². The molecule has 0 spiro atoms. The summed E-state index contributed by atoms with van der Waals surface area (Å²) in [7, 11) is 0. The van der Waals surface area contributed by atoms with E-state index in [0.717, 1.165) is 86.9 Å². The van der Waals surface area contributed by atoms with E-state index in [-0.39, 0.29) is 0 Å². The van der Waals surface area contributed by atoms with Gasteiger partial charge in [-0.05, 0) is 48.5 Å². The molecule has 13 aromatic rings. The van der Waals surface area contributed by atoms with E-state index >= 15 is 0 Å². The van der Waals surface area contributed by atoms with Gasteiger partial charge in [0.25, 0.3) is 0 Å². The first-order valence-electron chi connectivity index (χ1n) is 20.8. The summed E-state index contributed by atoms with van der Waals surface area (Å²) in [5, 5.41) is 5.62. The van der Waals surface area contributed by atoms with Crippen LogP contribution in [-0.4, -0.2) is 29.5 Å². The molecule has 0 atom stereocenters. The van der Waals surface area contributed by atoms with Gasteiger partial charge in [0.15, 0.2) is 28.9 Å². The highest BCUT2D eigenvalue weighted by Crippen LogP contribution is 2.43. The van der Waals surface area contributed by atoms with Crippen molar-refractivity contribution in [3.63, 3.8) is 0 Å². The third-order valence-corrected chi connectivity index (χ3v) is 13.1. The zero-order valence-corrected chi connectivity index (χ0v) is 34.3. The van der Waals surface area contributed by atoms with Gasteiger partial charge in [0.2, 0.25) is 0 Å². The van der Waals surface area contributed by atoms with Crippen molar-refractivity contribution in [2.75, 3.05) is 0 Å². The molecular formula is C55H32N6OS. The van der Waals surface area contributed by atoms with Crippen molar-refractivity contribution in [1.82, 2.24) is 29.5 Å². The average Bonchev–Trinajstić information content (AvgIpc) is 4.03. The Kier molecular flexibility index (Phi) is 7.94. The van der Waals surface area contributed by atoms with Gasteiger partial charge >= 0.3 is 0 Å². The second-order valence-corrected chi connectivity index (χ2v) is 16.7. The Morgan fingerprint density at radius 1 is 0.397 bits per heavy atom. The van der Waals surface area contributed by atoms with Crippen LogP contribution in [0.25, 0.3) is 127 Å². The Balaban J connectivity index is 0.976. The zero-order valence-electron chi connectivity index (χ0n) is 33.5. The number of furan rings is 1. The molecule has 0 bridgehead atoms. The first-order chi connectivity index (χ1) is 31.2. The molecule has 0 aliphatic rings. The lowest BCUT2D eigenvalue weighted by Gasteiger charge is -2.10. The summed E-state index contributed by atoms with van der Waals surface area (Å²) >= 11 is 1.73. The van der Waals surface area contributed by atoms with Crippen molar-refractivity contribution in [3.05, 3.63) is 194 Å². The fraction of sp³-hybridized carbons (Fsp3) is 0. The summed E-state index contributed by atoms with van der Waals surface area (Å²) in [5.74, 6) is 2.49. The van der Waals surface area contributed by atoms with E-state index in [1.807, 2.05) is 66.7 Å². The molecule has 0 N–H and O–H groups in total. The molecule has 8 aromatic carbocycles.